The zero-order valence-electron chi connectivity index (χ0n) is 14.1. The fourth-order valence-corrected chi connectivity index (χ4v) is 3.94. The number of nitrogens with one attached hydrogen (secondary N) is 2. The average molecular weight is 387 g/mol. The van der Waals surface area contributed by atoms with Crippen molar-refractivity contribution < 1.29 is 9.59 Å². The van der Waals surface area contributed by atoms with Crippen LogP contribution in [-0.4, -0.2) is 43.6 Å². The topological polar surface area (TPSA) is 78.1 Å². The van der Waals surface area contributed by atoms with Crippen LogP contribution in [0.25, 0.3) is 6.08 Å². The molecule has 6 nitrogen and oxygen atoms in total. The number of thiocarbonyl (C=S) groups is 1. The highest BCUT2D eigenvalue weighted by Crippen LogP contribution is 2.33. The van der Waals surface area contributed by atoms with E-state index in [-0.39, 0.29) is 11.8 Å². The van der Waals surface area contributed by atoms with E-state index in [1.165, 1.54) is 16.7 Å². The Morgan fingerprint density at radius 1 is 1.42 bits per heavy atom. The first-order valence-corrected chi connectivity index (χ1v) is 9.36. The Labute approximate surface area is 161 Å². The van der Waals surface area contributed by atoms with Crippen molar-refractivity contribution in [2.75, 3.05) is 6.54 Å². The van der Waals surface area contributed by atoms with E-state index in [9.17, 15) is 9.59 Å². The SMILES string of the molecule is CC(C(=O)NCCc1cnc[nH]1)N1C(=O)C(=Cc2ccccc2)SC1=S. The Balaban J connectivity index is 1.62. The Kier molecular flexibility index (Phi) is 5.85. The van der Waals surface area contributed by atoms with Gasteiger partial charge in [0.25, 0.3) is 5.91 Å². The summed E-state index contributed by atoms with van der Waals surface area (Å²) in [6.07, 6.45) is 5.75. The molecule has 1 saturated heterocycles. The van der Waals surface area contributed by atoms with E-state index < -0.39 is 6.04 Å². The molecule has 3 rings (SSSR count). The molecule has 1 fully saturated rings. The number of aromatic amines is 1. The molecule has 0 spiro atoms. The summed E-state index contributed by atoms with van der Waals surface area (Å²) in [5, 5.41) is 2.83. The monoisotopic (exact) mass is 386 g/mol. The molecule has 1 aromatic heterocycles. The van der Waals surface area contributed by atoms with Gasteiger partial charge in [0, 0.05) is 24.9 Å². The van der Waals surface area contributed by atoms with E-state index in [4.69, 9.17) is 12.2 Å². The van der Waals surface area contributed by atoms with E-state index in [0.29, 0.717) is 22.2 Å². The third-order valence-corrected chi connectivity index (χ3v) is 5.27. The van der Waals surface area contributed by atoms with Crippen molar-refractivity contribution in [3.05, 3.63) is 59.0 Å². The van der Waals surface area contributed by atoms with Crippen LogP contribution in [0.4, 0.5) is 0 Å². The molecule has 2 aromatic rings. The van der Waals surface area contributed by atoms with Gasteiger partial charge in [-0.3, -0.25) is 14.5 Å². The van der Waals surface area contributed by atoms with Crippen LogP contribution in [0.5, 0.6) is 0 Å². The number of amides is 2. The first-order valence-electron chi connectivity index (χ1n) is 8.13. The zero-order chi connectivity index (χ0) is 18.5. The van der Waals surface area contributed by atoms with Crippen molar-refractivity contribution >= 4 is 46.2 Å². The fraction of sp³-hybridized carbons (Fsp3) is 0.222. The predicted molar refractivity (Wildman–Crippen MR) is 106 cm³/mol. The smallest absolute Gasteiger partial charge is 0.266 e. The summed E-state index contributed by atoms with van der Waals surface area (Å²) in [6, 6.07) is 8.89. The van der Waals surface area contributed by atoms with Crippen LogP contribution in [0.3, 0.4) is 0 Å². The Bertz CT molecular complexity index is 834. The van der Waals surface area contributed by atoms with Crippen LogP contribution in [0.15, 0.2) is 47.8 Å². The van der Waals surface area contributed by atoms with Gasteiger partial charge in [0.05, 0.1) is 11.2 Å². The Hall–Kier alpha value is -2.45. The molecule has 26 heavy (non-hydrogen) atoms. The molecule has 2 N–H and O–H groups in total. The first kappa shape index (κ1) is 18.3. The molecule has 2 heterocycles. The molecular formula is C18H18N4O2S2. The number of H-pyrrole nitrogens is 1. The lowest BCUT2D eigenvalue weighted by Gasteiger charge is -2.22. The van der Waals surface area contributed by atoms with Crippen molar-refractivity contribution in [3.63, 3.8) is 0 Å². The van der Waals surface area contributed by atoms with Gasteiger partial charge in [0.15, 0.2) is 0 Å². The molecule has 0 radical (unpaired) electrons. The van der Waals surface area contributed by atoms with Crippen LogP contribution in [0.1, 0.15) is 18.2 Å². The quantitative estimate of drug-likeness (QED) is 0.589. The number of hydrogen-bond acceptors (Lipinski definition) is 5. The summed E-state index contributed by atoms with van der Waals surface area (Å²) in [4.78, 5) is 33.9. The van der Waals surface area contributed by atoms with Gasteiger partial charge < -0.3 is 10.3 Å². The molecule has 1 aliphatic heterocycles. The first-order chi connectivity index (χ1) is 12.6. The lowest BCUT2D eigenvalue weighted by molar-refractivity contribution is -0.132. The highest BCUT2D eigenvalue weighted by Gasteiger charge is 2.38. The second-order valence-corrected chi connectivity index (χ2v) is 7.43. The molecule has 134 valence electrons. The lowest BCUT2D eigenvalue weighted by atomic mass is 10.2. The predicted octanol–water partition coefficient (Wildman–Crippen LogP) is 2.36. The third kappa shape index (κ3) is 4.20. The van der Waals surface area contributed by atoms with E-state index in [2.05, 4.69) is 15.3 Å². The van der Waals surface area contributed by atoms with Gasteiger partial charge >= 0.3 is 0 Å². The molecule has 1 aromatic carbocycles. The number of thioether (sulfide) groups is 1. The van der Waals surface area contributed by atoms with Crippen LogP contribution in [-0.2, 0) is 16.0 Å². The van der Waals surface area contributed by atoms with Gasteiger partial charge in [-0.2, -0.15) is 0 Å². The number of aromatic nitrogens is 2. The summed E-state index contributed by atoms with van der Waals surface area (Å²) in [7, 11) is 0. The second kappa shape index (κ2) is 8.29. The van der Waals surface area contributed by atoms with Crippen molar-refractivity contribution in [2.24, 2.45) is 0 Å². The number of imidazole rings is 1. The average Bonchev–Trinajstić information content (AvgIpc) is 3.24. The minimum absolute atomic E-state index is 0.234. The largest absolute Gasteiger partial charge is 0.354 e. The van der Waals surface area contributed by atoms with E-state index >= 15 is 0 Å². The summed E-state index contributed by atoms with van der Waals surface area (Å²) < 4.78 is 0.397. The summed E-state index contributed by atoms with van der Waals surface area (Å²) >= 11 is 6.54. The number of carbonyl (C=O) groups is 2. The minimum Gasteiger partial charge on any atom is -0.354 e. The van der Waals surface area contributed by atoms with Crippen LogP contribution in [0, 0.1) is 0 Å². The van der Waals surface area contributed by atoms with Crippen molar-refractivity contribution in [1.82, 2.24) is 20.2 Å². The molecule has 1 aliphatic rings. The Morgan fingerprint density at radius 2 is 2.19 bits per heavy atom. The molecule has 0 saturated carbocycles. The molecular weight excluding hydrogens is 368 g/mol. The highest BCUT2D eigenvalue weighted by molar-refractivity contribution is 8.26. The van der Waals surface area contributed by atoms with Crippen LogP contribution < -0.4 is 5.32 Å². The molecule has 8 heteroatoms. The number of nitrogens with zero attached hydrogens (tertiary/aromatic N) is 2. The number of hydrogen-bond donors (Lipinski definition) is 2. The normalized spacial score (nSPS) is 17.0. The maximum Gasteiger partial charge on any atom is 0.266 e. The van der Waals surface area contributed by atoms with Gasteiger partial charge in [0.1, 0.15) is 10.4 Å². The maximum atomic E-state index is 12.7. The fourth-order valence-electron chi connectivity index (χ4n) is 2.52. The summed E-state index contributed by atoms with van der Waals surface area (Å²) in [5.74, 6) is -0.471. The number of rotatable bonds is 6. The van der Waals surface area contributed by atoms with Gasteiger partial charge in [-0.25, -0.2) is 4.98 Å². The minimum atomic E-state index is -0.661. The zero-order valence-corrected chi connectivity index (χ0v) is 15.8. The lowest BCUT2D eigenvalue weighted by Crippen LogP contribution is -2.47. The van der Waals surface area contributed by atoms with Crippen LogP contribution in [0.2, 0.25) is 0 Å². The molecule has 1 unspecified atom stereocenters. The summed E-state index contributed by atoms with van der Waals surface area (Å²) in [5.41, 5.74) is 1.86. The van der Waals surface area contributed by atoms with E-state index in [1.807, 2.05) is 30.3 Å². The van der Waals surface area contributed by atoms with Crippen molar-refractivity contribution in [1.29, 1.82) is 0 Å². The van der Waals surface area contributed by atoms with Crippen LogP contribution >= 0.6 is 24.0 Å². The van der Waals surface area contributed by atoms with Gasteiger partial charge in [0.2, 0.25) is 5.91 Å². The maximum absolute atomic E-state index is 12.7. The standard InChI is InChI=1S/C18H18N4O2S2/c1-12(16(23)20-8-7-14-10-19-11-21-14)22-17(24)15(26-18(22)25)9-13-5-3-2-4-6-13/h2-6,9-12H,7-8H2,1H3,(H,19,21)(H,20,23). The van der Waals surface area contributed by atoms with Crippen molar-refractivity contribution in [2.45, 2.75) is 19.4 Å². The molecule has 0 bridgehead atoms. The second-order valence-electron chi connectivity index (χ2n) is 5.76. The highest BCUT2D eigenvalue weighted by atomic mass is 32.2. The van der Waals surface area contributed by atoms with Gasteiger partial charge in [-0.05, 0) is 18.6 Å². The van der Waals surface area contributed by atoms with Crippen molar-refractivity contribution in [3.8, 4) is 0 Å². The van der Waals surface area contributed by atoms with E-state index in [0.717, 1.165) is 11.3 Å². The number of carbonyl (C=O) groups excluding carboxylic acids is 2. The summed E-state index contributed by atoms with van der Waals surface area (Å²) in [6.45, 7) is 2.14. The van der Waals surface area contributed by atoms with E-state index in [1.54, 1.807) is 25.5 Å². The number of benzene rings is 1. The Morgan fingerprint density at radius 3 is 2.88 bits per heavy atom. The molecule has 0 aliphatic carbocycles. The third-order valence-electron chi connectivity index (χ3n) is 3.94. The molecule has 1 atom stereocenters. The van der Waals surface area contributed by atoms with Gasteiger partial charge in [-0.15, -0.1) is 0 Å². The van der Waals surface area contributed by atoms with Gasteiger partial charge in [-0.1, -0.05) is 54.3 Å². The molecule has 2 amide bonds.